The molecule has 2 amide bonds. The summed E-state index contributed by atoms with van der Waals surface area (Å²) in [6, 6.07) is 14.1. The van der Waals surface area contributed by atoms with Crippen LogP contribution in [0.4, 0.5) is 4.79 Å². The summed E-state index contributed by atoms with van der Waals surface area (Å²) in [5.74, 6) is -2.08. The van der Waals surface area contributed by atoms with Crippen LogP contribution in [0, 0.1) is 11.3 Å². The number of carboxylic acids is 1. The Morgan fingerprint density at radius 1 is 0.939 bits per heavy atom. The van der Waals surface area contributed by atoms with Crippen LogP contribution in [0.25, 0.3) is 11.1 Å². The largest absolute Gasteiger partial charge is 0.480 e. The number of carboxylic acid groups (broad SMARTS) is 1. The highest BCUT2D eigenvalue weighted by Crippen LogP contribution is 2.44. The van der Waals surface area contributed by atoms with Gasteiger partial charge in [-0.15, -0.1) is 0 Å². The minimum atomic E-state index is -1.12. The van der Waals surface area contributed by atoms with E-state index >= 15 is 0 Å². The molecular weight excluding hydrogens is 420 g/mol. The average molecular weight is 453 g/mol. The predicted octanol–water partition coefficient (Wildman–Crippen LogP) is 4.17. The van der Waals surface area contributed by atoms with Gasteiger partial charge in [-0.05, 0) is 33.6 Å². The molecule has 3 N–H and O–H groups in total. The summed E-state index contributed by atoms with van der Waals surface area (Å²) in [7, 11) is 0. The maximum Gasteiger partial charge on any atom is 0.407 e. The topological polar surface area (TPSA) is 105 Å². The molecule has 2 aromatic carbocycles. The first-order valence-corrected chi connectivity index (χ1v) is 11.2. The zero-order chi connectivity index (χ0) is 24.3. The minimum absolute atomic E-state index is 0.0950. The van der Waals surface area contributed by atoms with Gasteiger partial charge in [0.25, 0.3) is 0 Å². The molecule has 0 saturated heterocycles. The normalized spacial score (nSPS) is 14.7. The number of fused-ring (bicyclic) bond motifs is 3. The maximum absolute atomic E-state index is 12.9. The lowest BCUT2D eigenvalue weighted by Gasteiger charge is -2.31. The molecule has 33 heavy (non-hydrogen) atoms. The van der Waals surface area contributed by atoms with Gasteiger partial charge in [0.2, 0.25) is 5.91 Å². The number of benzene rings is 2. The van der Waals surface area contributed by atoms with Gasteiger partial charge in [0, 0.05) is 5.92 Å². The van der Waals surface area contributed by atoms with E-state index in [9.17, 15) is 19.5 Å². The van der Waals surface area contributed by atoms with Crippen LogP contribution in [0.2, 0.25) is 0 Å². The molecule has 0 spiro atoms. The Labute approximate surface area is 194 Å². The summed E-state index contributed by atoms with van der Waals surface area (Å²) in [6.07, 6.45) is -0.719. The van der Waals surface area contributed by atoms with Crippen molar-refractivity contribution in [1.82, 2.24) is 10.6 Å². The van der Waals surface area contributed by atoms with Crippen molar-refractivity contribution in [2.75, 3.05) is 6.61 Å². The van der Waals surface area contributed by atoms with Crippen molar-refractivity contribution in [3.63, 3.8) is 0 Å². The van der Waals surface area contributed by atoms with Gasteiger partial charge in [0.1, 0.15) is 18.7 Å². The molecule has 2 unspecified atom stereocenters. The zero-order valence-electron chi connectivity index (χ0n) is 19.7. The summed E-state index contributed by atoms with van der Waals surface area (Å²) >= 11 is 0. The van der Waals surface area contributed by atoms with Gasteiger partial charge in [-0.25, -0.2) is 9.59 Å². The SMILES string of the molecule is CC(C)C(NC(=O)C(NC(=O)OCC1c2ccccc2-c2ccccc21)C(C)(C)C)C(=O)O. The Morgan fingerprint density at radius 3 is 1.91 bits per heavy atom. The smallest absolute Gasteiger partial charge is 0.407 e. The third-order valence-corrected chi connectivity index (χ3v) is 5.96. The van der Waals surface area contributed by atoms with E-state index < -0.39 is 35.5 Å². The zero-order valence-corrected chi connectivity index (χ0v) is 19.7. The van der Waals surface area contributed by atoms with E-state index in [1.807, 2.05) is 36.4 Å². The quantitative estimate of drug-likeness (QED) is 0.585. The first kappa shape index (κ1) is 24.3. The van der Waals surface area contributed by atoms with Crippen LogP contribution < -0.4 is 10.6 Å². The second kappa shape index (κ2) is 9.65. The second-order valence-corrected chi connectivity index (χ2v) is 9.84. The summed E-state index contributed by atoms with van der Waals surface area (Å²) < 4.78 is 5.57. The van der Waals surface area contributed by atoms with Crippen molar-refractivity contribution < 1.29 is 24.2 Å². The van der Waals surface area contributed by atoms with Crippen LogP contribution in [0.3, 0.4) is 0 Å². The molecule has 0 saturated carbocycles. The molecule has 0 bridgehead atoms. The number of carbonyl (C=O) groups is 3. The van der Waals surface area contributed by atoms with Crippen molar-refractivity contribution in [2.24, 2.45) is 11.3 Å². The number of carbonyl (C=O) groups excluding carboxylic acids is 2. The van der Waals surface area contributed by atoms with Crippen LogP contribution in [-0.2, 0) is 14.3 Å². The lowest BCUT2D eigenvalue weighted by molar-refractivity contribution is -0.143. The van der Waals surface area contributed by atoms with Crippen LogP contribution in [-0.4, -0.2) is 41.8 Å². The Bertz CT molecular complexity index is 995. The highest BCUT2D eigenvalue weighted by atomic mass is 16.5. The number of hydrogen-bond acceptors (Lipinski definition) is 4. The van der Waals surface area contributed by atoms with Gasteiger partial charge in [-0.3, -0.25) is 4.79 Å². The summed E-state index contributed by atoms with van der Waals surface area (Å²) in [5, 5.41) is 14.6. The summed E-state index contributed by atoms with van der Waals surface area (Å²) in [4.78, 5) is 37.1. The average Bonchev–Trinajstić information content (AvgIpc) is 3.06. The van der Waals surface area contributed by atoms with E-state index in [1.165, 1.54) is 0 Å². The second-order valence-electron chi connectivity index (χ2n) is 9.84. The van der Waals surface area contributed by atoms with Gasteiger partial charge in [0.15, 0.2) is 0 Å². The molecule has 2 aromatic rings. The molecule has 0 aromatic heterocycles. The van der Waals surface area contributed by atoms with Crippen LogP contribution >= 0.6 is 0 Å². The van der Waals surface area contributed by atoms with Crippen molar-refractivity contribution >= 4 is 18.0 Å². The lowest BCUT2D eigenvalue weighted by Crippen LogP contribution is -2.57. The molecule has 0 aliphatic heterocycles. The summed E-state index contributed by atoms with van der Waals surface area (Å²) in [6.45, 7) is 8.95. The standard InChI is InChI=1S/C26H32N2O5/c1-15(2)21(24(30)31)27-23(29)22(26(3,4)5)28-25(32)33-14-20-18-12-8-6-10-16(18)17-11-7-9-13-19(17)20/h6-13,15,20-22H,14H2,1-5H3,(H,27,29)(H,28,32)(H,30,31). The van der Waals surface area contributed by atoms with Crippen LogP contribution in [0.5, 0.6) is 0 Å². The van der Waals surface area contributed by atoms with E-state index in [0.29, 0.717) is 0 Å². The molecular formula is C26H32N2O5. The number of amides is 2. The number of hydrogen-bond donors (Lipinski definition) is 3. The Balaban J connectivity index is 1.71. The number of rotatable bonds is 7. The van der Waals surface area contributed by atoms with Crippen LogP contribution in [0.15, 0.2) is 48.5 Å². The fraction of sp³-hybridized carbons (Fsp3) is 0.423. The predicted molar refractivity (Wildman–Crippen MR) is 126 cm³/mol. The van der Waals surface area contributed by atoms with Gasteiger partial charge in [0.05, 0.1) is 0 Å². The van der Waals surface area contributed by atoms with Crippen molar-refractivity contribution in [3.05, 3.63) is 59.7 Å². The minimum Gasteiger partial charge on any atom is -0.480 e. The first-order chi connectivity index (χ1) is 15.5. The van der Waals surface area contributed by atoms with Crippen molar-refractivity contribution in [1.29, 1.82) is 0 Å². The molecule has 1 aliphatic rings. The monoisotopic (exact) mass is 452 g/mol. The van der Waals surface area contributed by atoms with E-state index in [0.717, 1.165) is 22.3 Å². The van der Waals surface area contributed by atoms with E-state index in [1.54, 1.807) is 34.6 Å². The van der Waals surface area contributed by atoms with Gasteiger partial charge in [-0.1, -0.05) is 83.1 Å². The number of aliphatic carboxylic acids is 1. The Hall–Kier alpha value is -3.35. The molecule has 0 heterocycles. The highest BCUT2D eigenvalue weighted by Gasteiger charge is 2.36. The summed E-state index contributed by atoms with van der Waals surface area (Å²) in [5.41, 5.74) is 3.79. The molecule has 0 radical (unpaired) electrons. The molecule has 7 nitrogen and oxygen atoms in total. The van der Waals surface area contributed by atoms with Crippen LogP contribution in [0.1, 0.15) is 51.7 Å². The van der Waals surface area contributed by atoms with Gasteiger partial charge >= 0.3 is 12.1 Å². The molecule has 2 atom stereocenters. The highest BCUT2D eigenvalue weighted by molar-refractivity contribution is 5.90. The van der Waals surface area contributed by atoms with E-state index in [2.05, 4.69) is 22.8 Å². The molecule has 176 valence electrons. The van der Waals surface area contributed by atoms with E-state index in [-0.39, 0.29) is 18.4 Å². The van der Waals surface area contributed by atoms with E-state index in [4.69, 9.17) is 4.74 Å². The lowest BCUT2D eigenvalue weighted by atomic mass is 9.86. The van der Waals surface area contributed by atoms with Crippen molar-refractivity contribution in [3.8, 4) is 11.1 Å². The molecule has 7 heteroatoms. The van der Waals surface area contributed by atoms with Gasteiger partial charge < -0.3 is 20.5 Å². The molecule has 0 fully saturated rings. The van der Waals surface area contributed by atoms with Crippen molar-refractivity contribution in [2.45, 2.75) is 52.6 Å². The number of nitrogens with one attached hydrogen (secondary N) is 2. The third kappa shape index (κ3) is 5.35. The first-order valence-electron chi connectivity index (χ1n) is 11.2. The van der Waals surface area contributed by atoms with Gasteiger partial charge in [-0.2, -0.15) is 0 Å². The fourth-order valence-electron chi connectivity index (χ4n) is 4.18. The third-order valence-electron chi connectivity index (χ3n) is 5.96. The molecule has 3 rings (SSSR count). The maximum atomic E-state index is 12.9. The fourth-order valence-corrected chi connectivity index (χ4v) is 4.18. The number of alkyl carbamates (subject to hydrolysis) is 1. The Morgan fingerprint density at radius 2 is 1.45 bits per heavy atom. The molecule has 1 aliphatic carbocycles. The number of ether oxygens (including phenoxy) is 1. The Kier molecular flexibility index (Phi) is 7.10.